The molecule has 138 valence electrons. The summed E-state index contributed by atoms with van der Waals surface area (Å²) in [4.78, 5) is 2.21. The zero-order valence-corrected chi connectivity index (χ0v) is 16.6. The summed E-state index contributed by atoms with van der Waals surface area (Å²) in [6.07, 6.45) is 4.41. The number of fused-ring (bicyclic) bond motifs is 1. The molecule has 0 saturated heterocycles. The molecule has 2 aromatic rings. The Bertz CT molecular complexity index is 946. The van der Waals surface area contributed by atoms with Gasteiger partial charge in [-0.3, -0.25) is 0 Å². The van der Waals surface area contributed by atoms with E-state index in [4.69, 9.17) is 0 Å². The van der Waals surface area contributed by atoms with Gasteiger partial charge in [-0.15, -0.1) is 10.2 Å². The second kappa shape index (κ2) is 7.61. The van der Waals surface area contributed by atoms with Crippen LogP contribution in [0.2, 0.25) is 0 Å². The van der Waals surface area contributed by atoms with Crippen LogP contribution in [0.1, 0.15) is 49.0 Å². The maximum atomic E-state index is 9.98. The predicted molar refractivity (Wildman–Crippen MR) is 109 cm³/mol. The third-order valence-corrected chi connectivity index (χ3v) is 6.13. The number of nitriles is 1. The third kappa shape index (κ3) is 3.28. The molecule has 5 nitrogen and oxygen atoms in total. The monoisotopic (exact) mass is 377 g/mol. The summed E-state index contributed by atoms with van der Waals surface area (Å²) in [5.41, 5.74) is 4.18. The van der Waals surface area contributed by atoms with Gasteiger partial charge in [0.25, 0.3) is 0 Å². The standard InChI is InChI=1S/C21H23N5S/c1-3-25-18(16-10-8-15(2)9-11-16)14-27-21(25)17(13-22)20-24-23-19-7-5-4-6-12-26(19)20/h8-11,14H,3-7,12H2,1-2H3. The van der Waals surface area contributed by atoms with Crippen molar-refractivity contribution < 1.29 is 0 Å². The Morgan fingerprint density at radius 3 is 2.74 bits per heavy atom. The first-order valence-electron chi connectivity index (χ1n) is 9.51. The Hall–Kier alpha value is -2.52. The van der Waals surface area contributed by atoms with Gasteiger partial charge in [0, 0.05) is 24.9 Å². The van der Waals surface area contributed by atoms with E-state index in [9.17, 15) is 5.26 Å². The highest BCUT2D eigenvalue weighted by molar-refractivity contribution is 8.06. The average molecular weight is 378 g/mol. The Balaban J connectivity index is 1.74. The van der Waals surface area contributed by atoms with E-state index in [1.165, 1.54) is 17.5 Å². The van der Waals surface area contributed by atoms with E-state index in [2.05, 4.69) is 69.3 Å². The van der Waals surface area contributed by atoms with Crippen LogP contribution in [-0.2, 0) is 13.0 Å². The molecule has 0 aliphatic carbocycles. The topological polar surface area (TPSA) is 57.7 Å². The summed E-state index contributed by atoms with van der Waals surface area (Å²) in [5, 5.41) is 21.9. The SMILES string of the molecule is CCN1C(c2ccc(C)cc2)=CSC1=C(C#N)c1nnc2n1CCCCC2. The van der Waals surface area contributed by atoms with Crippen LogP contribution in [0.25, 0.3) is 11.3 Å². The minimum Gasteiger partial charge on any atom is -0.334 e. The summed E-state index contributed by atoms with van der Waals surface area (Å²) < 4.78 is 2.15. The molecule has 4 rings (SSSR count). The molecule has 3 heterocycles. The molecule has 0 unspecified atom stereocenters. The number of nitrogens with zero attached hydrogens (tertiary/aromatic N) is 5. The van der Waals surface area contributed by atoms with Crippen LogP contribution in [-0.4, -0.2) is 26.2 Å². The van der Waals surface area contributed by atoms with Gasteiger partial charge in [0.15, 0.2) is 5.82 Å². The highest BCUT2D eigenvalue weighted by Gasteiger charge is 2.28. The van der Waals surface area contributed by atoms with Gasteiger partial charge in [-0.05, 0) is 32.3 Å². The Morgan fingerprint density at radius 1 is 1.19 bits per heavy atom. The quantitative estimate of drug-likeness (QED) is 0.733. The summed E-state index contributed by atoms with van der Waals surface area (Å²) in [6, 6.07) is 11.0. The number of allylic oxidation sites excluding steroid dienone is 1. The fourth-order valence-electron chi connectivity index (χ4n) is 3.67. The van der Waals surface area contributed by atoms with Gasteiger partial charge in [0.1, 0.15) is 22.5 Å². The highest BCUT2D eigenvalue weighted by atomic mass is 32.2. The van der Waals surface area contributed by atoms with Gasteiger partial charge in [-0.1, -0.05) is 48.0 Å². The lowest BCUT2D eigenvalue weighted by Gasteiger charge is -2.23. The lowest BCUT2D eigenvalue weighted by atomic mass is 10.1. The lowest BCUT2D eigenvalue weighted by Crippen LogP contribution is -2.18. The average Bonchev–Trinajstić information content (AvgIpc) is 3.20. The highest BCUT2D eigenvalue weighted by Crippen LogP contribution is 2.43. The van der Waals surface area contributed by atoms with Crippen molar-refractivity contribution in [2.24, 2.45) is 0 Å². The molecule has 0 bridgehead atoms. The molecule has 0 radical (unpaired) electrons. The van der Waals surface area contributed by atoms with Crippen molar-refractivity contribution in [2.75, 3.05) is 6.54 Å². The van der Waals surface area contributed by atoms with Crippen molar-refractivity contribution in [1.82, 2.24) is 19.7 Å². The normalized spacial score (nSPS) is 18.6. The number of hydrogen-bond acceptors (Lipinski definition) is 5. The van der Waals surface area contributed by atoms with Gasteiger partial charge in [-0.2, -0.15) is 5.26 Å². The summed E-state index contributed by atoms with van der Waals surface area (Å²) in [5.74, 6) is 1.72. The minimum atomic E-state index is 0.626. The van der Waals surface area contributed by atoms with E-state index >= 15 is 0 Å². The maximum Gasteiger partial charge on any atom is 0.177 e. The molecule has 0 spiro atoms. The molecule has 0 amide bonds. The van der Waals surface area contributed by atoms with Crippen LogP contribution in [0.3, 0.4) is 0 Å². The molecule has 27 heavy (non-hydrogen) atoms. The van der Waals surface area contributed by atoms with Crippen molar-refractivity contribution in [1.29, 1.82) is 5.26 Å². The van der Waals surface area contributed by atoms with Crippen LogP contribution in [0.5, 0.6) is 0 Å². The first kappa shape index (κ1) is 17.9. The number of rotatable bonds is 3. The summed E-state index contributed by atoms with van der Waals surface area (Å²) in [7, 11) is 0. The second-order valence-electron chi connectivity index (χ2n) is 6.93. The Labute approximate surface area is 164 Å². The van der Waals surface area contributed by atoms with Crippen LogP contribution >= 0.6 is 11.8 Å². The van der Waals surface area contributed by atoms with Crippen molar-refractivity contribution >= 4 is 23.0 Å². The molecular formula is C21H23N5S. The number of thioether (sulfide) groups is 1. The third-order valence-electron chi connectivity index (χ3n) is 5.14. The van der Waals surface area contributed by atoms with Gasteiger partial charge in [0.2, 0.25) is 0 Å². The summed E-state index contributed by atoms with van der Waals surface area (Å²) >= 11 is 1.61. The first-order valence-corrected chi connectivity index (χ1v) is 10.4. The molecular weight excluding hydrogens is 354 g/mol. The lowest BCUT2D eigenvalue weighted by molar-refractivity contribution is 0.556. The number of aromatic nitrogens is 3. The largest absolute Gasteiger partial charge is 0.334 e. The zero-order valence-electron chi connectivity index (χ0n) is 15.8. The number of aryl methyl sites for hydroxylation is 2. The van der Waals surface area contributed by atoms with E-state index in [0.29, 0.717) is 11.4 Å². The number of hydrogen-bond donors (Lipinski definition) is 0. The van der Waals surface area contributed by atoms with Gasteiger partial charge >= 0.3 is 0 Å². The molecule has 2 aliphatic rings. The van der Waals surface area contributed by atoms with Crippen LogP contribution in [0.4, 0.5) is 0 Å². The molecule has 0 N–H and O–H groups in total. The molecule has 2 aliphatic heterocycles. The first-order chi connectivity index (χ1) is 13.2. The fourth-order valence-corrected chi connectivity index (χ4v) is 4.76. The smallest absolute Gasteiger partial charge is 0.177 e. The van der Waals surface area contributed by atoms with Crippen molar-refractivity contribution in [2.45, 2.75) is 46.1 Å². The molecule has 0 fully saturated rings. The zero-order chi connectivity index (χ0) is 18.8. The molecule has 6 heteroatoms. The van der Waals surface area contributed by atoms with Gasteiger partial charge in [-0.25, -0.2) is 0 Å². The van der Waals surface area contributed by atoms with Gasteiger partial charge < -0.3 is 9.47 Å². The van der Waals surface area contributed by atoms with E-state index in [1.54, 1.807) is 11.8 Å². The van der Waals surface area contributed by atoms with Crippen LogP contribution in [0.15, 0.2) is 34.7 Å². The molecule has 0 atom stereocenters. The second-order valence-corrected chi connectivity index (χ2v) is 7.78. The molecule has 0 saturated carbocycles. The van der Waals surface area contributed by atoms with Crippen molar-refractivity contribution in [3.63, 3.8) is 0 Å². The Kier molecular flexibility index (Phi) is 5.04. The number of benzene rings is 1. The van der Waals surface area contributed by atoms with E-state index in [1.807, 2.05) is 0 Å². The maximum absolute atomic E-state index is 9.98. The molecule has 1 aromatic carbocycles. The van der Waals surface area contributed by atoms with Crippen LogP contribution in [0, 0.1) is 18.3 Å². The van der Waals surface area contributed by atoms with E-state index < -0.39 is 0 Å². The minimum absolute atomic E-state index is 0.626. The molecule has 1 aromatic heterocycles. The van der Waals surface area contributed by atoms with Crippen molar-refractivity contribution in [3.8, 4) is 6.07 Å². The van der Waals surface area contributed by atoms with Crippen LogP contribution < -0.4 is 0 Å². The van der Waals surface area contributed by atoms with E-state index in [-0.39, 0.29) is 0 Å². The van der Waals surface area contributed by atoms with Gasteiger partial charge in [0.05, 0.1) is 5.70 Å². The predicted octanol–water partition coefficient (Wildman–Crippen LogP) is 4.57. The Morgan fingerprint density at radius 2 is 2.00 bits per heavy atom. The summed E-state index contributed by atoms with van der Waals surface area (Å²) in [6.45, 7) is 5.90. The fraction of sp³-hybridized carbons (Fsp3) is 0.381. The van der Waals surface area contributed by atoms with Crippen molar-refractivity contribution in [3.05, 3.63) is 57.5 Å². The van der Waals surface area contributed by atoms with E-state index in [0.717, 1.165) is 48.9 Å².